The van der Waals surface area contributed by atoms with Gasteiger partial charge in [0.25, 0.3) is 0 Å². The van der Waals surface area contributed by atoms with E-state index in [1.165, 1.54) is 30.6 Å². The second-order valence-corrected chi connectivity index (χ2v) is 6.19. The maximum Gasteiger partial charge on any atom is 0.143 e. The van der Waals surface area contributed by atoms with Crippen molar-refractivity contribution in [1.29, 1.82) is 0 Å². The van der Waals surface area contributed by atoms with Gasteiger partial charge in [0.2, 0.25) is 0 Å². The van der Waals surface area contributed by atoms with Gasteiger partial charge in [0.05, 0.1) is 5.25 Å². The highest BCUT2D eigenvalue weighted by atomic mass is 32.2. The van der Waals surface area contributed by atoms with Crippen molar-refractivity contribution < 1.29 is 4.79 Å². The molecule has 1 aliphatic rings. The lowest BCUT2D eigenvalue weighted by Gasteiger charge is -2.17. The Labute approximate surface area is 108 Å². The fourth-order valence-electron chi connectivity index (χ4n) is 2.51. The predicted octanol–water partition coefficient (Wildman–Crippen LogP) is 4.32. The summed E-state index contributed by atoms with van der Waals surface area (Å²) in [5.74, 6) is 1.10. The number of carbonyl (C=O) groups is 1. The molecule has 92 valence electrons. The molecular weight excluding hydrogens is 228 g/mol. The number of hydrogen-bond donors (Lipinski definition) is 0. The molecule has 0 heterocycles. The van der Waals surface area contributed by atoms with Crippen molar-refractivity contribution in [1.82, 2.24) is 0 Å². The van der Waals surface area contributed by atoms with Crippen molar-refractivity contribution in [2.45, 2.75) is 49.2 Å². The van der Waals surface area contributed by atoms with Crippen LogP contribution in [0.25, 0.3) is 0 Å². The first-order valence-electron chi connectivity index (χ1n) is 6.48. The molecule has 1 aliphatic carbocycles. The smallest absolute Gasteiger partial charge is 0.143 e. The molecule has 2 rings (SSSR count). The van der Waals surface area contributed by atoms with Crippen LogP contribution in [0.2, 0.25) is 0 Å². The van der Waals surface area contributed by atoms with Crippen LogP contribution >= 0.6 is 11.8 Å². The molecule has 1 atom stereocenters. The topological polar surface area (TPSA) is 17.1 Å². The summed E-state index contributed by atoms with van der Waals surface area (Å²) in [7, 11) is 0. The van der Waals surface area contributed by atoms with Crippen LogP contribution in [0.4, 0.5) is 0 Å². The third-order valence-electron chi connectivity index (χ3n) is 3.50. The van der Waals surface area contributed by atoms with Gasteiger partial charge in [0.15, 0.2) is 0 Å². The first-order valence-corrected chi connectivity index (χ1v) is 7.36. The average Bonchev–Trinajstić information content (AvgIpc) is 2.82. The number of carbonyl (C=O) groups excluding carboxylic acids is 1. The molecule has 1 saturated carbocycles. The van der Waals surface area contributed by atoms with Crippen molar-refractivity contribution in [3.8, 4) is 0 Å². The van der Waals surface area contributed by atoms with E-state index in [0.29, 0.717) is 5.78 Å². The molecule has 1 aromatic carbocycles. The Morgan fingerprint density at radius 2 is 1.94 bits per heavy atom. The largest absolute Gasteiger partial charge is 0.299 e. The lowest BCUT2D eigenvalue weighted by atomic mass is 10.0. The molecule has 0 spiro atoms. The van der Waals surface area contributed by atoms with Crippen molar-refractivity contribution in [2.24, 2.45) is 5.92 Å². The molecule has 17 heavy (non-hydrogen) atoms. The first-order chi connectivity index (χ1) is 8.25. The number of Topliss-reactive ketones (excluding diaryl/α,β-unsaturated/α-hetero) is 1. The summed E-state index contributed by atoms with van der Waals surface area (Å²) in [6.45, 7) is 1.73. The van der Waals surface area contributed by atoms with Crippen molar-refractivity contribution in [3.63, 3.8) is 0 Å². The lowest BCUT2D eigenvalue weighted by molar-refractivity contribution is -0.116. The van der Waals surface area contributed by atoms with Crippen LogP contribution in [0.5, 0.6) is 0 Å². The Hall–Kier alpha value is -0.760. The van der Waals surface area contributed by atoms with Crippen LogP contribution < -0.4 is 0 Å². The molecule has 0 amide bonds. The zero-order valence-corrected chi connectivity index (χ0v) is 11.2. The number of thioether (sulfide) groups is 1. The Morgan fingerprint density at radius 3 is 2.53 bits per heavy atom. The Kier molecular flexibility index (Phi) is 4.66. The van der Waals surface area contributed by atoms with Crippen molar-refractivity contribution in [3.05, 3.63) is 30.3 Å². The fourth-order valence-corrected chi connectivity index (χ4v) is 3.69. The van der Waals surface area contributed by atoms with Gasteiger partial charge in [-0.3, -0.25) is 4.79 Å². The zero-order chi connectivity index (χ0) is 12.1. The maximum atomic E-state index is 11.7. The molecule has 1 nitrogen and oxygen atoms in total. The molecule has 1 fully saturated rings. The zero-order valence-electron chi connectivity index (χ0n) is 10.4. The molecule has 0 radical (unpaired) electrons. The van der Waals surface area contributed by atoms with E-state index in [1.807, 2.05) is 18.2 Å². The van der Waals surface area contributed by atoms with E-state index < -0.39 is 0 Å². The van der Waals surface area contributed by atoms with Crippen LogP contribution in [0.1, 0.15) is 39.0 Å². The van der Waals surface area contributed by atoms with Gasteiger partial charge < -0.3 is 0 Å². The van der Waals surface area contributed by atoms with Crippen LogP contribution in [0.3, 0.4) is 0 Å². The summed E-state index contributed by atoms with van der Waals surface area (Å²) in [5.41, 5.74) is 0. The molecule has 0 bridgehead atoms. The van der Waals surface area contributed by atoms with Gasteiger partial charge in [-0.1, -0.05) is 43.9 Å². The van der Waals surface area contributed by atoms with E-state index in [9.17, 15) is 4.79 Å². The van der Waals surface area contributed by atoms with Crippen LogP contribution in [-0.4, -0.2) is 11.0 Å². The summed E-state index contributed by atoms with van der Waals surface area (Å²) in [5, 5.41) is 0.153. The monoisotopic (exact) mass is 248 g/mol. The number of ketones is 1. The SMILES string of the molecule is CC(=O)C(CC1CCCC1)Sc1ccccc1. The Bertz CT molecular complexity index is 354. The van der Waals surface area contributed by atoms with Crippen LogP contribution in [0.15, 0.2) is 35.2 Å². The average molecular weight is 248 g/mol. The van der Waals surface area contributed by atoms with Crippen LogP contribution in [-0.2, 0) is 4.79 Å². The summed E-state index contributed by atoms with van der Waals surface area (Å²) >= 11 is 1.73. The third kappa shape index (κ3) is 3.88. The Morgan fingerprint density at radius 1 is 1.29 bits per heavy atom. The summed E-state index contributed by atoms with van der Waals surface area (Å²) in [6, 6.07) is 10.3. The minimum atomic E-state index is 0.153. The van der Waals surface area contributed by atoms with Gasteiger partial charge in [-0.05, 0) is 31.4 Å². The van der Waals surface area contributed by atoms with E-state index >= 15 is 0 Å². The number of benzene rings is 1. The predicted molar refractivity (Wildman–Crippen MR) is 73.3 cm³/mol. The molecule has 1 unspecified atom stereocenters. The van der Waals surface area contributed by atoms with Crippen molar-refractivity contribution in [2.75, 3.05) is 0 Å². The highest BCUT2D eigenvalue weighted by molar-refractivity contribution is 8.00. The third-order valence-corrected chi connectivity index (χ3v) is 4.85. The highest BCUT2D eigenvalue weighted by Gasteiger charge is 2.23. The van der Waals surface area contributed by atoms with Gasteiger partial charge in [0, 0.05) is 4.90 Å². The minimum absolute atomic E-state index is 0.153. The first kappa shape index (κ1) is 12.7. The van der Waals surface area contributed by atoms with E-state index in [-0.39, 0.29) is 5.25 Å². The molecule has 2 heteroatoms. The highest BCUT2D eigenvalue weighted by Crippen LogP contribution is 2.34. The van der Waals surface area contributed by atoms with Gasteiger partial charge in [-0.2, -0.15) is 0 Å². The van der Waals surface area contributed by atoms with E-state index in [0.717, 1.165) is 12.3 Å². The second-order valence-electron chi connectivity index (χ2n) is 4.92. The minimum Gasteiger partial charge on any atom is -0.299 e. The summed E-state index contributed by atoms with van der Waals surface area (Å²) < 4.78 is 0. The van der Waals surface area contributed by atoms with Crippen LogP contribution in [0, 0.1) is 5.92 Å². The molecule has 0 aliphatic heterocycles. The van der Waals surface area contributed by atoms with Gasteiger partial charge in [0.1, 0.15) is 5.78 Å². The molecule has 0 N–H and O–H groups in total. The van der Waals surface area contributed by atoms with E-state index in [4.69, 9.17) is 0 Å². The van der Waals surface area contributed by atoms with Gasteiger partial charge in [-0.15, -0.1) is 11.8 Å². The van der Waals surface area contributed by atoms with Crippen molar-refractivity contribution >= 4 is 17.5 Å². The van der Waals surface area contributed by atoms with E-state index in [1.54, 1.807) is 18.7 Å². The Balaban J connectivity index is 1.95. The maximum absolute atomic E-state index is 11.7. The molecular formula is C15H20OS. The number of rotatable bonds is 5. The molecule has 0 saturated heterocycles. The fraction of sp³-hybridized carbons (Fsp3) is 0.533. The van der Waals surface area contributed by atoms with Gasteiger partial charge >= 0.3 is 0 Å². The second kappa shape index (κ2) is 6.25. The molecule has 0 aromatic heterocycles. The summed E-state index contributed by atoms with van der Waals surface area (Å²) in [4.78, 5) is 12.9. The van der Waals surface area contributed by atoms with Gasteiger partial charge in [-0.25, -0.2) is 0 Å². The number of hydrogen-bond acceptors (Lipinski definition) is 2. The lowest BCUT2D eigenvalue weighted by Crippen LogP contribution is -2.17. The summed E-state index contributed by atoms with van der Waals surface area (Å²) in [6.07, 6.45) is 6.41. The normalized spacial score (nSPS) is 18.2. The standard InChI is InChI=1S/C15H20OS/c1-12(16)15(11-13-7-5-6-8-13)17-14-9-3-2-4-10-14/h2-4,9-10,13,15H,5-8,11H2,1H3. The van der Waals surface area contributed by atoms with E-state index in [2.05, 4.69) is 12.1 Å². The molecule has 1 aromatic rings. The quantitative estimate of drug-likeness (QED) is 0.722.